The fraction of sp³-hybridized carbons (Fsp3) is 0.160. The maximum atomic E-state index is 12.8. The largest absolute Gasteiger partial charge is 0.496 e. The molecule has 4 heteroatoms. The molecule has 1 aliphatic heterocycles. The summed E-state index contributed by atoms with van der Waals surface area (Å²) >= 11 is 0. The minimum absolute atomic E-state index is 0.102. The smallest absolute Gasteiger partial charge is 0.232 e. The summed E-state index contributed by atoms with van der Waals surface area (Å²) in [6, 6.07) is 19.3. The number of allylic oxidation sites excluding steroid dienone is 1. The molecule has 4 rings (SSSR count). The first-order valence-electron chi connectivity index (χ1n) is 9.45. The molecule has 29 heavy (non-hydrogen) atoms. The number of para-hydroxylation sites is 1. The van der Waals surface area contributed by atoms with Gasteiger partial charge in [0.15, 0.2) is 5.76 Å². The summed E-state index contributed by atoms with van der Waals surface area (Å²) in [5, 5.41) is 0. The van der Waals surface area contributed by atoms with Crippen LogP contribution in [0, 0.1) is 13.8 Å². The fourth-order valence-electron chi connectivity index (χ4n) is 3.46. The molecule has 0 amide bonds. The standard InChI is InChI=1S/C25H22O4/c1-16-7-6-8-18(11-16)13-23-25(26)24-17(2)12-20(14-22(24)29-23)28-15-19-9-4-5-10-21(19)27-3/h4-14H,15H2,1-3H3/b23-13-. The molecule has 0 saturated heterocycles. The lowest BCUT2D eigenvalue weighted by atomic mass is 10.0. The molecule has 0 atom stereocenters. The van der Waals surface area contributed by atoms with E-state index in [4.69, 9.17) is 14.2 Å². The highest BCUT2D eigenvalue weighted by Crippen LogP contribution is 2.38. The van der Waals surface area contributed by atoms with E-state index in [9.17, 15) is 4.79 Å². The van der Waals surface area contributed by atoms with Crippen LogP contribution in [0.5, 0.6) is 17.2 Å². The van der Waals surface area contributed by atoms with E-state index in [0.717, 1.165) is 28.0 Å². The van der Waals surface area contributed by atoms with Gasteiger partial charge in [0.1, 0.15) is 23.9 Å². The molecule has 0 aliphatic carbocycles. The van der Waals surface area contributed by atoms with Crippen LogP contribution in [0.3, 0.4) is 0 Å². The van der Waals surface area contributed by atoms with Crippen LogP contribution < -0.4 is 14.2 Å². The minimum atomic E-state index is -0.102. The van der Waals surface area contributed by atoms with Crippen molar-refractivity contribution in [3.05, 3.63) is 94.2 Å². The number of carbonyl (C=O) groups is 1. The zero-order chi connectivity index (χ0) is 20.4. The molecule has 0 spiro atoms. The van der Waals surface area contributed by atoms with Crippen molar-refractivity contribution in [2.24, 2.45) is 0 Å². The zero-order valence-electron chi connectivity index (χ0n) is 16.7. The number of Topliss-reactive ketones (excluding diaryl/α,β-unsaturated/α-hetero) is 1. The van der Waals surface area contributed by atoms with Gasteiger partial charge >= 0.3 is 0 Å². The Morgan fingerprint density at radius 2 is 1.83 bits per heavy atom. The molecule has 0 radical (unpaired) electrons. The number of hydrogen-bond acceptors (Lipinski definition) is 4. The third kappa shape index (κ3) is 3.87. The summed E-state index contributed by atoms with van der Waals surface area (Å²) in [5.41, 5.74) is 4.44. The minimum Gasteiger partial charge on any atom is -0.496 e. The van der Waals surface area contributed by atoms with Gasteiger partial charge in [-0.3, -0.25) is 4.79 Å². The lowest BCUT2D eigenvalue weighted by Crippen LogP contribution is -2.00. The molecule has 3 aromatic carbocycles. The van der Waals surface area contributed by atoms with Crippen LogP contribution in [-0.2, 0) is 6.61 Å². The van der Waals surface area contributed by atoms with E-state index in [-0.39, 0.29) is 5.78 Å². The monoisotopic (exact) mass is 386 g/mol. The zero-order valence-corrected chi connectivity index (χ0v) is 16.7. The normalized spacial score (nSPS) is 13.9. The summed E-state index contributed by atoms with van der Waals surface area (Å²) in [4.78, 5) is 12.8. The van der Waals surface area contributed by atoms with Gasteiger partial charge in [-0.1, -0.05) is 48.0 Å². The van der Waals surface area contributed by atoms with Crippen LogP contribution in [-0.4, -0.2) is 12.9 Å². The highest BCUT2D eigenvalue weighted by atomic mass is 16.5. The van der Waals surface area contributed by atoms with Crippen molar-refractivity contribution in [1.82, 2.24) is 0 Å². The Balaban J connectivity index is 1.58. The Bertz CT molecular complexity index is 1110. The van der Waals surface area contributed by atoms with Crippen molar-refractivity contribution >= 4 is 11.9 Å². The van der Waals surface area contributed by atoms with Gasteiger partial charge in [-0.15, -0.1) is 0 Å². The predicted molar refractivity (Wildman–Crippen MR) is 113 cm³/mol. The highest BCUT2D eigenvalue weighted by Gasteiger charge is 2.30. The second-order valence-electron chi connectivity index (χ2n) is 7.07. The van der Waals surface area contributed by atoms with E-state index in [2.05, 4.69) is 0 Å². The molecule has 0 fully saturated rings. The fourth-order valence-corrected chi connectivity index (χ4v) is 3.46. The number of hydrogen-bond donors (Lipinski definition) is 0. The molecule has 146 valence electrons. The molecule has 0 saturated carbocycles. The topological polar surface area (TPSA) is 44.8 Å². The highest BCUT2D eigenvalue weighted by molar-refractivity contribution is 6.15. The molecule has 1 heterocycles. The molecule has 0 aromatic heterocycles. The summed E-state index contributed by atoms with van der Waals surface area (Å²) < 4.78 is 17.2. The van der Waals surface area contributed by atoms with Crippen molar-refractivity contribution in [3.8, 4) is 17.2 Å². The van der Waals surface area contributed by atoms with Crippen molar-refractivity contribution in [2.45, 2.75) is 20.5 Å². The van der Waals surface area contributed by atoms with Crippen molar-refractivity contribution in [2.75, 3.05) is 7.11 Å². The molecule has 0 bridgehead atoms. The molecular weight excluding hydrogens is 364 g/mol. The average Bonchev–Trinajstić information content (AvgIpc) is 3.02. The van der Waals surface area contributed by atoms with E-state index in [1.807, 2.05) is 68.4 Å². The van der Waals surface area contributed by atoms with Crippen LogP contribution in [0.4, 0.5) is 0 Å². The number of fused-ring (bicyclic) bond motifs is 1. The van der Waals surface area contributed by atoms with Gasteiger partial charge in [0, 0.05) is 11.6 Å². The van der Waals surface area contributed by atoms with Gasteiger partial charge in [-0.25, -0.2) is 0 Å². The maximum absolute atomic E-state index is 12.8. The Morgan fingerprint density at radius 1 is 1.00 bits per heavy atom. The Hall–Kier alpha value is -3.53. The summed E-state index contributed by atoms with van der Waals surface area (Å²) in [5.74, 6) is 2.19. The van der Waals surface area contributed by atoms with Crippen LogP contribution in [0.25, 0.3) is 6.08 Å². The predicted octanol–water partition coefficient (Wildman–Crippen LogP) is 5.51. The van der Waals surface area contributed by atoms with E-state index in [1.54, 1.807) is 19.3 Å². The third-order valence-electron chi connectivity index (χ3n) is 4.87. The molecular formula is C25H22O4. The van der Waals surface area contributed by atoms with Crippen LogP contribution >= 0.6 is 0 Å². The average molecular weight is 386 g/mol. The Kier molecular flexibility index (Phi) is 5.09. The number of rotatable bonds is 5. The Labute approximate surface area is 170 Å². The van der Waals surface area contributed by atoms with Gasteiger partial charge in [-0.2, -0.15) is 0 Å². The van der Waals surface area contributed by atoms with Crippen LogP contribution in [0.1, 0.15) is 32.6 Å². The van der Waals surface area contributed by atoms with Gasteiger partial charge in [0.2, 0.25) is 5.78 Å². The number of aryl methyl sites for hydroxylation is 2. The SMILES string of the molecule is COc1ccccc1COc1cc(C)c2c(c1)O/C(=C\c1cccc(C)c1)C2=O. The van der Waals surface area contributed by atoms with E-state index >= 15 is 0 Å². The van der Waals surface area contributed by atoms with E-state index in [0.29, 0.717) is 29.4 Å². The first kappa shape index (κ1) is 18.8. The van der Waals surface area contributed by atoms with E-state index < -0.39 is 0 Å². The maximum Gasteiger partial charge on any atom is 0.232 e. The lowest BCUT2D eigenvalue weighted by Gasteiger charge is -2.11. The van der Waals surface area contributed by atoms with Gasteiger partial charge in [0.25, 0.3) is 0 Å². The number of carbonyl (C=O) groups excluding carboxylic acids is 1. The quantitative estimate of drug-likeness (QED) is 0.543. The number of benzene rings is 3. The number of ketones is 1. The van der Waals surface area contributed by atoms with Gasteiger partial charge in [-0.05, 0) is 43.2 Å². The Morgan fingerprint density at radius 3 is 2.62 bits per heavy atom. The summed E-state index contributed by atoms with van der Waals surface area (Å²) in [6.45, 7) is 4.28. The molecule has 1 aliphatic rings. The first-order chi connectivity index (χ1) is 14.0. The van der Waals surface area contributed by atoms with E-state index in [1.165, 1.54) is 0 Å². The van der Waals surface area contributed by atoms with Crippen molar-refractivity contribution in [1.29, 1.82) is 0 Å². The second-order valence-corrected chi connectivity index (χ2v) is 7.07. The number of methoxy groups -OCH3 is 1. The van der Waals surface area contributed by atoms with Crippen molar-refractivity contribution < 1.29 is 19.0 Å². The summed E-state index contributed by atoms with van der Waals surface area (Å²) in [7, 11) is 1.64. The third-order valence-corrected chi connectivity index (χ3v) is 4.87. The van der Waals surface area contributed by atoms with Gasteiger partial charge in [0.05, 0.1) is 12.7 Å². The van der Waals surface area contributed by atoms with Gasteiger partial charge < -0.3 is 14.2 Å². The molecule has 0 unspecified atom stereocenters. The number of ether oxygens (including phenoxy) is 3. The first-order valence-corrected chi connectivity index (χ1v) is 9.45. The lowest BCUT2D eigenvalue weighted by molar-refractivity contribution is 0.101. The van der Waals surface area contributed by atoms with Crippen molar-refractivity contribution in [3.63, 3.8) is 0 Å². The molecule has 4 nitrogen and oxygen atoms in total. The van der Waals surface area contributed by atoms with Crippen LogP contribution in [0.15, 0.2) is 66.4 Å². The summed E-state index contributed by atoms with van der Waals surface area (Å²) in [6.07, 6.45) is 1.78. The van der Waals surface area contributed by atoms with Crippen LogP contribution in [0.2, 0.25) is 0 Å². The molecule has 3 aromatic rings. The second kappa shape index (κ2) is 7.84. The molecule has 0 N–H and O–H groups in total.